The van der Waals surface area contributed by atoms with Crippen LogP contribution >= 0.6 is 11.5 Å². The first-order chi connectivity index (χ1) is 10.3. The first-order valence-corrected chi connectivity index (χ1v) is 7.58. The van der Waals surface area contributed by atoms with E-state index in [4.69, 9.17) is 0 Å². The summed E-state index contributed by atoms with van der Waals surface area (Å²) in [6.45, 7) is 2.49. The highest BCUT2D eigenvalue weighted by Crippen LogP contribution is 2.12. The molecule has 3 rings (SSSR count). The molecule has 1 amide bonds. The van der Waals surface area contributed by atoms with Crippen LogP contribution in [0, 0.1) is 0 Å². The summed E-state index contributed by atoms with van der Waals surface area (Å²) in [5.74, 6) is 0.757. The Morgan fingerprint density at radius 2 is 2.24 bits per heavy atom. The van der Waals surface area contributed by atoms with E-state index in [1.165, 1.54) is 0 Å². The number of imidazole rings is 1. The third kappa shape index (κ3) is 2.92. The van der Waals surface area contributed by atoms with E-state index in [9.17, 15) is 4.79 Å². The molecule has 0 aliphatic heterocycles. The number of aryl methyl sites for hydroxylation is 1. The molecular weight excluding hydrogens is 286 g/mol. The van der Waals surface area contributed by atoms with Crippen LogP contribution in [-0.2, 0) is 12.8 Å². The van der Waals surface area contributed by atoms with Gasteiger partial charge in [0.25, 0.3) is 5.91 Å². The molecule has 2 heterocycles. The Balaban J connectivity index is 1.59. The van der Waals surface area contributed by atoms with E-state index in [0.717, 1.165) is 34.1 Å². The summed E-state index contributed by atoms with van der Waals surface area (Å²) in [6.07, 6.45) is 1.37. The van der Waals surface area contributed by atoms with Crippen molar-refractivity contribution >= 4 is 28.5 Å². The molecule has 0 saturated carbocycles. The van der Waals surface area contributed by atoms with Crippen molar-refractivity contribution in [3.8, 4) is 0 Å². The number of benzene rings is 1. The molecule has 1 aromatic carbocycles. The minimum absolute atomic E-state index is 0.113. The minimum Gasteiger partial charge on any atom is -0.351 e. The molecule has 2 aromatic heterocycles. The predicted molar refractivity (Wildman–Crippen MR) is 81.4 cm³/mol. The Bertz CT molecular complexity index is 730. The highest BCUT2D eigenvalue weighted by atomic mass is 32.1. The van der Waals surface area contributed by atoms with Crippen molar-refractivity contribution in [1.29, 1.82) is 0 Å². The van der Waals surface area contributed by atoms with Gasteiger partial charge in [-0.3, -0.25) is 4.79 Å². The molecule has 0 saturated heterocycles. The topological polar surface area (TPSA) is 83.6 Å². The van der Waals surface area contributed by atoms with Crippen LogP contribution in [0.25, 0.3) is 11.0 Å². The van der Waals surface area contributed by atoms with Crippen molar-refractivity contribution in [3.63, 3.8) is 0 Å². The third-order valence-corrected chi connectivity index (χ3v) is 3.95. The number of carbonyl (C=O) groups excluding carboxylic acids is 1. The van der Waals surface area contributed by atoms with Crippen LogP contribution in [0.3, 0.4) is 0 Å². The van der Waals surface area contributed by atoms with E-state index >= 15 is 0 Å². The fourth-order valence-electron chi connectivity index (χ4n) is 2.11. The van der Waals surface area contributed by atoms with Gasteiger partial charge in [0.1, 0.15) is 10.7 Å². The second-order valence-electron chi connectivity index (χ2n) is 4.61. The van der Waals surface area contributed by atoms with Crippen molar-refractivity contribution in [3.05, 3.63) is 40.7 Å². The first kappa shape index (κ1) is 13.7. The van der Waals surface area contributed by atoms with Crippen LogP contribution < -0.4 is 5.32 Å². The lowest BCUT2D eigenvalue weighted by atomic mass is 10.3. The lowest BCUT2D eigenvalue weighted by Crippen LogP contribution is -2.26. The van der Waals surface area contributed by atoms with E-state index in [1.54, 1.807) is 0 Å². The number of aromatic amines is 1. The second kappa shape index (κ2) is 6.01. The molecule has 3 aromatic rings. The van der Waals surface area contributed by atoms with E-state index in [-0.39, 0.29) is 5.91 Å². The van der Waals surface area contributed by atoms with Gasteiger partial charge in [-0.2, -0.15) is 0 Å². The van der Waals surface area contributed by atoms with Crippen molar-refractivity contribution in [2.24, 2.45) is 0 Å². The lowest BCUT2D eigenvalue weighted by molar-refractivity contribution is 0.0957. The summed E-state index contributed by atoms with van der Waals surface area (Å²) in [6, 6.07) is 7.87. The number of fused-ring (bicyclic) bond motifs is 1. The quantitative estimate of drug-likeness (QED) is 0.754. The predicted octanol–water partition coefficient (Wildman–Crippen LogP) is 1.95. The number of aromatic nitrogens is 4. The highest BCUT2D eigenvalue weighted by Gasteiger charge is 2.14. The van der Waals surface area contributed by atoms with Gasteiger partial charge in [0.2, 0.25) is 0 Å². The average molecular weight is 301 g/mol. The van der Waals surface area contributed by atoms with E-state index < -0.39 is 0 Å². The number of hydrogen-bond donors (Lipinski definition) is 2. The average Bonchev–Trinajstić information content (AvgIpc) is 3.12. The minimum atomic E-state index is -0.113. The molecular formula is C14H15N5OS. The molecule has 0 fully saturated rings. The smallest absolute Gasteiger partial charge is 0.264 e. The number of amides is 1. The largest absolute Gasteiger partial charge is 0.351 e. The Hall–Kier alpha value is -2.28. The zero-order chi connectivity index (χ0) is 14.7. The van der Waals surface area contributed by atoms with Crippen LogP contribution in [0.15, 0.2) is 24.3 Å². The normalized spacial score (nSPS) is 10.9. The van der Waals surface area contributed by atoms with Crippen molar-refractivity contribution in [2.75, 3.05) is 6.54 Å². The second-order valence-corrected chi connectivity index (χ2v) is 5.36. The molecule has 7 heteroatoms. The molecule has 0 unspecified atom stereocenters. The Morgan fingerprint density at radius 1 is 1.38 bits per heavy atom. The highest BCUT2D eigenvalue weighted by molar-refractivity contribution is 7.08. The Labute approximate surface area is 125 Å². The van der Waals surface area contributed by atoms with Crippen LogP contribution in [0.4, 0.5) is 0 Å². The van der Waals surface area contributed by atoms with Gasteiger partial charge in [-0.05, 0) is 30.1 Å². The van der Waals surface area contributed by atoms with Crippen LogP contribution in [0.1, 0.15) is 28.1 Å². The van der Waals surface area contributed by atoms with Gasteiger partial charge in [0, 0.05) is 13.0 Å². The van der Waals surface area contributed by atoms with Gasteiger partial charge >= 0.3 is 0 Å². The molecule has 2 N–H and O–H groups in total. The zero-order valence-electron chi connectivity index (χ0n) is 11.6. The standard InChI is InChI=1S/C14H15N5OS/c1-2-9-13(21-19-18-9)14(20)15-8-7-12-16-10-5-3-4-6-11(10)17-12/h3-6H,2,7-8H2,1H3,(H,15,20)(H,16,17). The van der Waals surface area contributed by atoms with Crippen molar-refractivity contribution in [2.45, 2.75) is 19.8 Å². The maximum atomic E-state index is 12.0. The van der Waals surface area contributed by atoms with Crippen LogP contribution in [0.2, 0.25) is 0 Å². The summed E-state index contributed by atoms with van der Waals surface area (Å²) in [4.78, 5) is 20.4. The number of H-pyrrole nitrogens is 1. The lowest BCUT2D eigenvalue weighted by Gasteiger charge is -2.02. The number of rotatable bonds is 5. The van der Waals surface area contributed by atoms with Gasteiger partial charge in [-0.25, -0.2) is 4.98 Å². The van der Waals surface area contributed by atoms with Crippen LogP contribution in [-0.4, -0.2) is 32.0 Å². The van der Waals surface area contributed by atoms with Gasteiger partial charge in [-0.15, -0.1) is 5.10 Å². The summed E-state index contributed by atoms with van der Waals surface area (Å²) < 4.78 is 3.82. The van der Waals surface area contributed by atoms with Gasteiger partial charge in [0.05, 0.1) is 16.7 Å². The number of carbonyl (C=O) groups is 1. The molecule has 0 atom stereocenters. The first-order valence-electron chi connectivity index (χ1n) is 6.81. The maximum absolute atomic E-state index is 12.0. The van der Waals surface area contributed by atoms with E-state index in [0.29, 0.717) is 24.3 Å². The third-order valence-electron chi connectivity index (χ3n) is 3.18. The molecule has 6 nitrogen and oxygen atoms in total. The molecule has 0 aliphatic rings. The monoisotopic (exact) mass is 301 g/mol. The molecule has 0 bridgehead atoms. The summed E-state index contributed by atoms with van der Waals surface area (Å²) >= 11 is 1.14. The number of para-hydroxylation sites is 2. The van der Waals surface area contributed by atoms with Crippen molar-refractivity contribution in [1.82, 2.24) is 24.9 Å². The maximum Gasteiger partial charge on any atom is 0.264 e. The Kier molecular flexibility index (Phi) is 3.92. The SMILES string of the molecule is CCc1nnsc1C(=O)NCCc1nc2ccccc2[nH]1. The summed E-state index contributed by atoms with van der Waals surface area (Å²) in [5, 5.41) is 6.82. The summed E-state index contributed by atoms with van der Waals surface area (Å²) in [5.41, 5.74) is 2.71. The van der Waals surface area contributed by atoms with Crippen molar-refractivity contribution < 1.29 is 4.79 Å². The van der Waals surface area contributed by atoms with E-state index in [1.807, 2.05) is 31.2 Å². The Morgan fingerprint density at radius 3 is 3.05 bits per heavy atom. The molecule has 0 aliphatic carbocycles. The molecule has 0 spiro atoms. The number of nitrogens with zero attached hydrogens (tertiary/aromatic N) is 3. The summed E-state index contributed by atoms with van der Waals surface area (Å²) in [7, 11) is 0. The number of nitrogens with one attached hydrogen (secondary N) is 2. The zero-order valence-corrected chi connectivity index (χ0v) is 12.4. The molecule has 108 valence electrons. The van der Waals surface area contributed by atoms with Gasteiger partial charge in [0.15, 0.2) is 0 Å². The van der Waals surface area contributed by atoms with E-state index in [2.05, 4.69) is 24.9 Å². The molecule has 21 heavy (non-hydrogen) atoms. The fourth-order valence-corrected chi connectivity index (χ4v) is 2.78. The fraction of sp³-hybridized carbons (Fsp3) is 0.286. The van der Waals surface area contributed by atoms with Gasteiger partial charge < -0.3 is 10.3 Å². The van der Waals surface area contributed by atoms with Crippen LogP contribution in [0.5, 0.6) is 0 Å². The number of hydrogen-bond acceptors (Lipinski definition) is 5. The van der Waals surface area contributed by atoms with Gasteiger partial charge in [-0.1, -0.05) is 23.5 Å². The molecule has 0 radical (unpaired) electrons.